The second-order valence-electron chi connectivity index (χ2n) is 4.54. The average molecular weight is 414 g/mol. The summed E-state index contributed by atoms with van der Waals surface area (Å²) in [6.45, 7) is 0. The number of H-pyrrole nitrogens is 1. The van der Waals surface area contributed by atoms with E-state index < -0.39 is 5.51 Å². The Bertz CT molecular complexity index is 914. The van der Waals surface area contributed by atoms with Crippen LogP contribution in [-0.2, 0) is 0 Å². The monoisotopic (exact) mass is 412 g/mol. The lowest BCUT2D eigenvalue weighted by atomic mass is 10.3. The normalized spacial score (nSPS) is 11.9. The Morgan fingerprint density at radius 3 is 2.50 bits per heavy atom. The van der Waals surface area contributed by atoms with E-state index in [4.69, 9.17) is 39.5 Å². The minimum atomic E-state index is -4.44. The van der Waals surface area contributed by atoms with Gasteiger partial charge in [0.05, 0.1) is 21.1 Å². The fourth-order valence-corrected chi connectivity index (χ4v) is 2.96. The van der Waals surface area contributed by atoms with E-state index in [0.717, 1.165) is 0 Å². The lowest BCUT2D eigenvalue weighted by Gasteiger charge is -2.09. The van der Waals surface area contributed by atoms with E-state index >= 15 is 0 Å². The maximum absolute atomic E-state index is 12.4. The van der Waals surface area contributed by atoms with E-state index in [-0.39, 0.29) is 44.0 Å². The molecule has 3 aromatic rings. The van der Waals surface area contributed by atoms with Crippen LogP contribution in [0.15, 0.2) is 35.5 Å². The standard InChI is InChI=1S/C14H6Cl3F3N2OS/c15-6-2-1-3-10(12(6)17)23-11-5-9-8(4-7(11)16)21-13(22-9)24-14(18,19)20/h1-5H,(H,21,22). The Morgan fingerprint density at radius 1 is 1.04 bits per heavy atom. The molecule has 2 aromatic carbocycles. The molecule has 3 nitrogen and oxygen atoms in total. The third-order valence-electron chi connectivity index (χ3n) is 2.86. The number of rotatable bonds is 3. The number of imidazole rings is 1. The number of benzene rings is 2. The van der Waals surface area contributed by atoms with E-state index in [9.17, 15) is 13.2 Å². The first-order valence-corrected chi connectivity index (χ1v) is 8.25. The molecule has 3 rings (SSSR count). The smallest absolute Gasteiger partial charge is 0.449 e. The number of halogens is 6. The summed E-state index contributed by atoms with van der Waals surface area (Å²) >= 11 is 17.7. The summed E-state index contributed by atoms with van der Waals surface area (Å²) in [6, 6.07) is 7.67. The minimum absolute atomic E-state index is 0.186. The maximum atomic E-state index is 12.4. The minimum Gasteiger partial charge on any atom is -0.454 e. The number of ether oxygens (including phenoxy) is 1. The van der Waals surface area contributed by atoms with Gasteiger partial charge >= 0.3 is 5.51 Å². The molecular weight excluding hydrogens is 408 g/mol. The van der Waals surface area contributed by atoms with Crippen molar-refractivity contribution in [2.24, 2.45) is 0 Å². The summed E-state index contributed by atoms with van der Waals surface area (Å²) < 4.78 is 42.9. The Labute approximate surface area is 153 Å². The van der Waals surface area contributed by atoms with Gasteiger partial charge in [-0.1, -0.05) is 40.9 Å². The summed E-state index contributed by atoms with van der Waals surface area (Å²) in [6.07, 6.45) is 0. The van der Waals surface area contributed by atoms with Crippen LogP contribution in [0.5, 0.6) is 11.5 Å². The molecule has 0 atom stereocenters. The molecule has 0 unspecified atom stereocenters. The van der Waals surface area contributed by atoms with E-state index in [1.807, 2.05) is 0 Å². The van der Waals surface area contributed by atoms with Crippen LogP contribution in [0.4, 0.5) is 13.2 Å². The Kier molecular flexibility index (Phi) is 4.79. The number of aromatic nitrogens is 2. The van der Waals surface area contributed by atoms with Crippen molar-refractivity contribution in [3.8, 4) is 11.5 Å². The first-order chi connectivity index (χ1) is 11.2. The van der Waals surface area contributed by atoms with Gasteiger partial charge in [0.1, 0.15) is 16.5 Å². The highest BCUT2D eigenvalue weighted by molar-refractivity contribution is 8.00. The Balaban J connectivity index is 1.97. The van der Waals surface area contributed by atoms with Crippen molar-refractivity contribution < 1.29 is 17.9 Å². The van der Waals surface area contributed by atoms with Crippen molar-refractivity contribution >= 4 is 57.6 Å². The molecule has 0 aliphatic heterocycles. The SMILES string of the molecule is FC(F)(F)Sc1nc2cc(Oc3cccc(Cl)c3Cl)c(Cl)cc2[nH]1. The van der Waals surface area contributed by atoms with Crippen molar-refractivity contribution in [3.05, 3.63) is 45.4 Å². The molecular formula is C14H6Cl3F3N2OS. The summed E-state index contributed by atoms with van der Waals surface area (Å²) in [7, 11) is 0. The Hall–Kier alpha value is -1.28. The average Bonchev–Trinajstić information content (AvgIpc) is 2.83. The summed E-state index contributed by atoms with van der Waals surface area (Å²) in [5.41, 5.74) is -3.80. The second kappa shape index (κ2) is 6.55. The van der Waals surface area contributed by atoms with Gasteiger partial charge in [0.15, 0.2) is 5.16 Å². The van der Waals surface area contributed by atoms with Crippen LogP contribution in [0, 0.1) is 0 Å². The molecule has 0 amide bonds. The van der Waals surface area contributed by atoms with Crippen LogP contribution >= 0.6 is 46.6 Å². The van der Waals surface area contributed by atoms with Gasteiger partial charge in [0, 0.05) is 17.8 Å². The van der Waals surface area contributed by atoms with Crippen LogP contribution in [0.25, 0.3) is 11.0 Å². The fraction of sp³-hybridized carbons (Fsp3) is 0.0714. The molecule has 1 heterocycles. The van der Waals surface area contributed by atoms with Gasteiger partial charge in [-0.25, -0.2) is 4.98 Å². The quantitative estimate of drug-likeness (QED) is 0.473. The molecule has 126 valence electrons. The topological polar surface area (TPSA) is 37.9 Å². The molecule has 1 aromatic heterocycles. The van der Waals surface area contributed by atoms with Gasteiger partial charge in [0.25, 0.3) is 0 Å². The van der Waals surface area contributed by atoms with Crippen molar-refractivity contribution in [1.82, 2.24) is 9.97 Å². The molecule has 0 saturated carbocycles. The number of aromatic amines is 1. The molecule has 0 bridgehead atoms. The Morgan fingerprint density at radius 2 is 1.79 bits per heavy atom. The lowest BCUT2D eigenvalue weighted by molar-refractivity contribution is -0.0330. The molecule has 0 radical (unpaired) electrons. The fourth-order valence-electron chi connectivity index (χ4n) is 1.91. The van der Waals surface area contributed by atoms with Gasteiger partial charge in [-0.05, 0) is 18.2 Å². The highest BCUT2D eigenvalue weighted by Gasteiger charge is 2.31. The van der Waals surface area contributed by atoms with Gasteiger partial charge in [-0.2, -0.15) is 13.2 Å². The number of fused-ring (bicyclic) bond motifs is 1. The van der Waals surface area contributed by atoms with Crippen LogP contribution in [-0.4, -0.2) is 15.5 Å². The van der Waals surface area contributed by atoms with E-state index in [2.05, 4.69) is 9.97 Å². The van der Waals surface area contributed by atoms with Gasteiger partial charge in [-0.15, -0.1) is 0 Å². The number of thioether (sulfide) groups is 1. The summed E-state index contributed by atoms with van der Waals surface area (Å²) in [5, 5.41) is 0.401. The van der Waals surface area contributed by atoms with Crippen LogP contribution < -0.4 is 4.74 Å². The predicted molar refractivity (Wildman–Crippen MR) is 89.6 cm³/mol. The molecule has 0 fully saturated rings. The highest BCUT2D eigenvalue weighted by atomic mass is 35.5. The van der Waals surface area contributed by atoms with E-state index in [1.165, 1.54) is 12.1 Å². The molecule has 0 spiro atoms. The van der Waals surface area contributed by atoms with Crippen molar-refractivity contribution in [2.75, 3.05) is 0 Å². The molecule has 10 heteroatoms. The summed E-state index contributed by atoms with van der Waals surface area (Å²) in [5.74, 6) is 0.467. The second-order valence-corrected chi connectivity index (χ2v) is 6.79. The van der Waals surface area contributed by atoms with Gasteiger partial charge in [-0.3, -0.25) is 0 Å². The van der Waals surface area contributed by atoms with Gasteiger partial charge in [0.2, 0.25) is 0 Å². The largest absolute Gasteiger partial charge is 0.454 e. The zero-order chi connectivity index (χ0) is 17.5. The van der Waals surface area contributed by atoms with Crippen LogP contribution in [0.3, 0.4) is 0 Å². The number of hydrogen-bond acceptors (Lipinski definition) is 3. The van der Waals surface area contributed by atoms with Crippen LogP contribution in [0.2, 0.25) is 15.1 Å². The zero-order valence-electron chi connectivity index (χ0n) is 11.4. The number of nitrogens with one attached hydrogen (secondary N) is 1. The summed E-state index contributed by atoms with van der Waals surface area (Å²) in [4.78, 5) is 6.42. The molecule has 0 saturated heterocycles. The van der Waals surface area contributed by atoms with Crippen molar-refractivity contribution in [1.29, 1.82) is 0 Å². The van der Waals surface area contributed by atoms with Gasteiger partial charge < -0.3 is 9.72 Å². The van der Waals surface area contributed by atoms with Crippen LogP contribution in [0.1, 0.15) is 0 Å². The predicted octanol–water partition coefficient (Wildman–Crippen LogP) is 6.93. The molecule has 1 N–H and O–H groups in total. The highest BCUT2D eigenvalue weighted by Crippen LogP contribution is 2.40. The lowest BCUT2D eigenvalue weighted by Crippen LogP contribution is -1.99. The molecule has 0 aliphatic rings. The van der Waals surface area contributed by atoms with Crippen molar-refractivity contribution in [3.63, 3.8) is 0 Å². The number of nitrogens with zero attached hydrogens (tertiary/aromatic N) is 1. The zero-order valence-corrected chi connectivity index (χ0v) is 14.5. The maximum Gasteiger partial charge on any atom is 0.449 e. The third-order valence-corrected chi connectivity index (χ3v) is 4.58. The molecule has 0 aliphatic carbocycles. The van der Waals surface area contributed by atoms with E-state index in [0.29, 0.717) is 10.5 Å². The third kappa shape index (κ3) is 3.85. The van der Waals surface area contributed by atoms with E-state index in [1.54, 1.807) is 18.2 Å². The first kappa shape index (κ1) is 17.5. The number of hydrogen-bond donors (Lipinski definition) is 1. The van der Waals surface area contributed by atoms with Crippen molar-refractivity contribution in [2.45, 2.75) is 10.7 Å². The molecule has 24 heavy (non-hydrogen) atoms. The first-order valence-electron chi connectivity index (χ1n) is 6.30. The number of alkyl halides is 3.